The molecule has 90 valence electrons. The maximum absolute atomic E-state index is 8.93. The highest BCUT2D eigenvalue weighted by Gasteiger charge is 2.07. The highest BCUT2D eigenvalue weighted by Crippen LogP contribution is 2.19. The molecule has 0 radical (unpaired) electrons. The SMILES string of the molecule is CCCO[C@@H](C)c1ccc([C@H](N)CO)cc1. The second-order valence-corrected chi connectivity index (χ2v) is 3.97. The first kappa shape index (κ1) is 13.2. The minimum absolute atomic E-state index is 0.0266. The van der Waals surface area contributed by atoms with Crippen LogP contribution < -0.4 is 5.73 Å². The van der Waals surface area contributed by atoms with E-state index in [4.69, 9.17) is 15.6 Å². The molecule has 0 saturated carbocycles. The van der Waals surface area contributed by atoms with Gasteiger partial charge in [-0.25, -0.2) is 0 Å². The molecule has 0 aliphatic carbocycles. The second-order valence-electron chi connectivity index (χ2n) is 3.97. The van der Waals surface area contributed by atoms with Gasteiger partial charge in [0, 0.05) is 6.61 Å². The van der Waals surface area contributed by atoms with Crippen LogP contribution in [0, 0.1) is 0 Å². The van der Waals surface area contributed by atoms with Crippen molar-refractivity contribution in [3.63, 3.8) is 0 Å². The van der Waals surface area contributed by atoms with Crippen LogP contribution in [0.15, 0.2) is 24.3 Å². The number of aliphatic hydroxyl groups excluding tert-OH is 1. The van der Waals surface area contributed by atoms with E-state index in [0.717, 1.165) is 24.2 Å². The number of rotatable bonds is 6. The Balaban J connectivity index is 2.63. The number of hydrogen-bond donors (Lipinski definition) is 2. The van der Waals surface area contributed by atoms with E-state index in [0.29, 0.717) is 0 Å². The van der Waals surface area contributed by atoms with Gasteiger partial charge in [0.05, 0.1) is 18.8 Å². The summed E-state index contributed by atoms with van der Waals surface area (Å²) >= 11 is 0. The van der Waals surface area contributed by atoms with Crippen molar-refractivity contribution < 1.29 is 9.84 Å². The van der Waals surface area contributed by atoms with Crippen molar-refractivity contribution >= 4 is 0 Å². The average molecular weight is 223 g/mol. The van der Waals surface area contributed by atoms with Gasteiger partial charge in [-0.2, -0.15) is 0 Å². The predicted molar refractivity (Wildman–Crippen MR) is 65.1 cm³/mol. The molecule has 0 amide bonds. The summed E-state index contributed by atoms with van der Waals surface area (Å²) in [4.78, 5) is 0. The van der Waals surface area contributed by atoms with Gasteiger partial charge in [-0.1, -0.05) is 31.2 Å². The molecule has 3 heteroatoms. The quantitative estimate of drug-likeness (QED) is 0.777. The zero-order valence-corrected chi connectivity index (χ0v) is 10.0. The summed E-state index contributed by atoms with van der Waals surface area (Å²) in [6, 6.07) is 7.61. The topological polar surface area (TPSA) is 55.5 Å². The Labute approximate surface area is 97.2 Å². The number of benzene rings is 1. The third kappa shape index (κ3) is 3.59. The molecule has 0 saturated heterocycles. The molecular weight excluding hydrogens is 202 g/mol. The van der Waals surface area contributed by atoms with Crippen molar-refractivity contribution in [1.29, 1.82) is 0 Å². The molecule has 0 aliphatic rings. The lowest BCUT2D eigenvalue weighted by Crippen LogP contribution is -2.14. The largest absolute Gasteiger partial charge is 0.394 e. The Hall–Kier alpha value is -0.900. The Bertz CT molecular complexity index is 297. The molecule has 16 heavy (non-hydrogen) atoms. The van der Waals surface area contributed by atoms with Gasteiger partial charge in [0.15, 0.2) is 0 Å². The molecule has 0 spiro atoms. The fourth-order valence-electron chi connectivity index (χ4n) is 1.51. The van der Waals surface area contributed by atoms with Crippen LogP contribution in [0.25, 0.3) is 0 Å². The first-order valence-electron chi connectivity index (χ1n) is 5.77. The Morgan fingerprint density at radius 1 is 1.25 bits per heavy atom. The van der Waals surface area contributed by atoms with Gasteiger partial charge < -0.3 is 15.6 Å². The van der Waals surface area contributed by atoms with Gasteiger partial charge in [0.1, 0.15) is 0 Å². The van der Waals surface area contributed by atoms with Crippen LogP contribution in [0.3, 0.4) is 0 Å². The molecule has 1 aromatic carbocycles. The molecule has 0 unspecified atom stereocenters. The van der Waals surface area contributed by atoms with E-state index >= 15 is 0 Å². The van der Waals surface area contributed by atoms with E-state index in [1.54, 1.807) is 0 Å². The summed E-state index contributed by atoms with van der Waals surface area (Å²) in [6.07, 6.45) is 1.14. The third-order valence-electron chi connectivity index (χ3n) is 2.60. The summed E-state index contributed by atoms with van der Waals surface area (Å²) < 4.78 is 5.62. The summed E-state index contributed by atoms with van der Waals surface area (Å²) in [5.74, 6) is 0. The van der Waals surface area contributed by atoms with Crippen molar-refractivity contribution in [1.82, 2.24) is 0 Å². The van der Waals surface area contributed by atoms with Crippen LogP contribution in [0.2, 0.25) is 0 Å². The molecule has 0 fully saturated rings. The van der Waals surface area contributed by atoms with Crippen molar-refractivity contribution in [2.45, 2.75) is 32.4 Å². The maximum Gasteiger partial charge on any atom is 0.0796 e. The van der Waals surface area contributed by atoms with Gasteiger partial charge in [-0.15, -0.1) is 0 Å². The molecule has 3 N–H and O–H groups in total. The van der Waals surface area contributed by atoms with E-state index in [-0.39, 0.29) is 18.8 Å². The molecule has 0 heterocycles. The van der Waals surface area contributed by atoms with Gasteiger partial charge in [-0.05, 0) is 24.5 Å². The van der Waals surface area contributed by atoms with Gasteiger partial charge >= 0.3 is 0 Å². The van der Waals surface area contributed by atoms with Crippen LogP contribution in [0.4, 0.5) is 0 Å². The lowest BCUT2D eigenvalue weighted by atomic mass is 10.0. The number of nitrogens with two attached hydrogens (primary N) is 1. The van der Waals surface area contributed by atoms with E-state index in [2.05, 4.69) is 6.92 Å². The second kappa shape index (κ2) is 6.63. The Morgan fingerprint density at radius 3 is 2.31 bits per heavy atom. The van der Waals surface area contributed by atoms with Crippen molar-refractivity contribution in [2.24, 2.45) is 5.73 Å². The lowest BCUT2D eigenvalue weighted by Gasteiger charge is -2.14. The Kier molecular flexibility index (Phi) is 5.46. The molecule has 1 aromatic rings. The maximum atomic E-state index is 8.93. The summed E-state index contributed by atoms with van der Waals surface area (Å²) in [5.41, 5.74) is 7.81. The van der Waals surface area contributed by atoms with Crippen LogP contribution in [-0.2, 0) is 4.74 Å². The lowest BCUT2D eigenvalue weighted by molar-refractivity contribution is 0.0662. The molecule has 1 rings (SSSR count). The van der Waals surface area contributed by atoms with Gasteiger partial charge in [0.25, 0.3) is 0 Å². The van der Waals surface area contributed by atoms with Crippen LogP contribution in [-0.4, -0.2) is 18.3 Å². The van der Waals surface area contributed by atoms with Crippen molar-refractivity contribution in [3.8, 4) is 0 Å². The van der Waals surface area contributed by atoms with E-state index in [9.17, 15) is 0 Å². The molecule has 0 aromatic heterocycles. The standard InChI is InChI=1S/C13H21NO2/c1-3-8-16-10(2)11-4-6-12(7-5-11)13(14)9-15/h4-7,10,13,15H,3,8-9,14H2,1-2H3/t10-,13+/m0/s1. The van der Waals surface area contributed by atoms with E-state index in [1.807, 2.05) is 31.2 Å². The minimum Gasteiger partial charge on any atom is -0.394 e. The monoisotopic (exact) mass is 223 g/mol. The predicted octanol–water partition coefficient (Wildman–Crippen LogP) is 2.17. The number of ether oxygens (including phenoxy) is 1. The summed E-state index contributed by atoms with van der Waals surface area (Å²) in [5, 5.41) is 8.93. The fraction of sp³-hybridized carbons (Fsp3) is 0.538. The highest BCUT2D eigenvalue weighted by atomic mass is 16.5. The van der Waals surface area contributed by atoms with Crippen molar-refractivity contribution in [2.75, 3.05) is 13.2 Å². The molecule has 0 aliphatic heterocycles. The third-order valence-corrected chi connectivity index (χ3v) is 2.60. The minimum atomic E-state index is -0.291. The molecular formula is C13H21NO2. The fourth-order valence-corrected chi connectivity index (χ4v) is 1.51. The van der Waals surface area contributed by atoms with Crippen LogP contribution in [0.5, 0.6) is 0 Å². The smallest absolute Gasteiger partial charge is 0.0796 e. The van der Waals surface area contributed by atoms with Gasteiger partial charge in [0.2, 0.25) is 0 Å². The number of aliphatic hydroxyl groups is 1. The highest BCUT2D eigenvalue weighted by molar-refractivity contribution is 5.26. The molecule has 2 atom stereocenters. The first-order valence-corrected chi connectivity index (χ1v) is 5.77. The molecule has 0 bridgehead atoms. The Morgan fingerprint density at radius 2 is 1.81 bits per heavy atom. The molecule has 3 nitrogen and oxygen atoms in total. The summed E-state index contributed by atoms with van der Waals surface area (Å²) in [6.45, 7) is 4.88. The van der Waals surface area contributed by atoms with Crippen molar-refractivity contribution in [3.05, 3.63) is 35.4 Å². The average Bonchev–Trinajstić information content (AvgIpc) is 2.35. The summed E-state index contributed by atoms with van der Waals surface area (Å²) in [7, 11) is 0. The van der Waals surface area contributed by atoms with E-state index in [1.165, 1.54) is 0 Å². The van der Waals surface area contributed by atoms with E-state index < -0.39 is 0 Å². The zero-order chi connectivity index (χ0) is 12.0. The number of hydrogen-bond acceptors (Lipinski definition) is 3. The van der Waals surface area contributed by atoms with Gasteiger partial charge in [-0.3, -0.25) is 0 Å². The van der Waals surface area contributed by atoms with Crippen LogP contribution in [0.1, 0.15) is 43.5 Å². The normalized spacial score (nSPS) is 14.8. The zero-order valence-electron chi connectivity index (χ0n) is 10.0. The van der Waals surface area contributed by atoms with Crippen LogP contribution >= 0.6 is 0 Å². The first-order chi connectivity index (χ1) is 7.69.